The van der Waals surface area contributed by atoms with Gasteiger partial charge in [0.1, 0.15) is 0 Å². The van der Waals surface area contributed by atoms with Crippen molar-refractivity contribution in [3.05, 3.63) is 10.1 Å². The summed E-state index contributed by atoms with van der Waals surface area (Å²) in [6.07, 6.45) is 0.0347. The third kappa shape index (κ3) is 1.16. The van der Waals surface area contributed by atoms with Crippen LogP contribution in [0.4, 0.5) is 0 Å². The van der Waals surface area contributed by atoms with Crippen LogP contribution in [0.15, 0.2) is 0 Å². The number of hydrogen-bond donors (Lipinski definition) is 1. The van der Waals surface area contributed by atoms with Crippen LogP contribution >= 0.6 is 0 Å². The van der Waals surface area contributed by atoms with Gasteiger partial charge in [0.05, 0.1) is 13.0 Å². The molecule has 1 amide bonds. The van der Waals surface area contributed by atoms with Gasteiger partial charge in [0.15, 0.2) is 0 Å². The fraction of sp³-hybridized carbons (Fsp3) is 0.750. The molecule has 5 nitrogen and oxygen atoms in total. The van der Waals surface area contributed by atoms with E-state index in [0.717, 1.165) is 0 Å². The van der Waals surface area contributed by atoms with Crippen LogP contribution < -0.4 is 5.32 Å². The van der Waals surface area contributed by atoms with E-state index in [1.807, 2.05) is 0 Å². The van der Waals surface area contributed by atoms with E-state index >= 15 is 0 Å². The zero-order valence-electron chi connectivity index (χ0n) is 4.66. The summed E-state index contributed by atoms with van der Waals surface area (Å²) in [5.74, 6) is -0.225. The van der Waals surface area contributed by atoms with E-state index in [4.69, 9.17) is 0 Å². The molecule has 1 rings (SSSR count). The van der Waals surface area contributed by atoms with Crippen LogP contribution in [0.5, 0.6) is 0 Å². The van der Waals surface area contributed by atoms with Gasteiger partial charge in [0, 0.05) is 4.92 Å². The number of rotatable bonds is 1. The van der Waals surface area contributed by atoms with E-state index in [2.05, 4.69) is 5.32 Å². The van der Waals surface area contributed by atoms with E-state index in [1.165, 1.54) is 0 Å². The number of nitro groups is 1. The number of carbonyl (C=O) groups is 1. The third-order valence-corrected chi connectivity index (χ3v) is 1.25. The Bertz CT molecular complexity index is 156. The van der Waals surface area contributed by atoms with Crippen molar-refractivity contribution in [2.24, 2.45) is 0 Å². The Labute approximate surface area is 51.2 Å². The molecule has 1 aliphatic heterocycles. The highest BCUT2D eigenvalue weighted by molar-refractivity contribution is 5.78. The molecule has 1 saturated heterocycles. The average Bonchev–Trinajstić information content (AvgIpc) is 2.14. The highest BCUT2D eigenvalue weighted by Gasteiger charge is 2.30. The van der Waals surface area contributed by atoms with E-state index in [1.54, 1.807) is 0 Å². The summed E-state index contributed by atoms with van der Waals surface area (Å²) in [6, 6.07) is -0.697. The first-order chi connectivity index (χ1) is 4.20. The molecule has 0 bridgehead atoms. The minimum atomic E-state index is -0.697. The van der Waals surface area contributed by atoms with Gasteiger partial charge >= 0.3 is 0 Å². The van der Waals surface area contributed by atoms with Gasteiger partial charge in [-0.3, -0.25) is 14.9 Å². The largest absolute Gasteiger partial charge is 0.349 e. The molecule has 1 unspecified atom stereocenters. The molecule has 1 aliphatic rings. The second-order valence-corrected chi connectivity index (χ2v) is 1.95. The molecule has 0 spiro atoms. The Morgan fingerprint density at radius 1 is 1.78 bits per heavy atom. The zero-order chi connectivity index (χ0) is 6.85. The normalized spacial score (nSPS) is 25.8. The standard InChI is InChI=1S/C4H6N2O3/c7-4-1-3(2-5-4)6(8)9/h3H,1-2H2,(H,5,7). The second kappa shape index (κ2) is 2.00. The molecule has 1 N–H and O–H groups in total. The Kier molecular flexibility index (Phi) is 1.33. The quantitative estimate of drug-likeness (QED) is 0.371. The number of carbonyl (C=O) groups excluding carboxylic acids is 1. The Balaban J connectivity index is 2.48. The number of hydrogen-bond acceptors (Lipinski definition) is 3. The third-order valence-electron chi connectivity index (χ3n) is 1.25. The molecule has 1 heterocycles. The lowest BCUT2D eigenvalue weighted by molar-refractivity contribution is -0.516. The van der Waals surface area contributed by atoms with Gasteiger partial charge in [-0.1, -0.05) is 0 Å². The van der Waals surface area contributed by atoms with Crippen LogP contribution in [0, 0.1) is 10.1 Å². The van der Waals surface area contributed by atoms with Gasteiger partial charge in [-0.15, -0.1) is 0 Å². The lowest BCUT2D eigenvalue weighted by Crippen LogP contribution is -2.21. The topological polar surface area (TPSA) is 72.2 Å². The molecule has 0 aliphatic carbocycles. The van der Waals surface area contributed by atoms with Gasteiger partial charge < -0.3 is 5.32 Å². The van der Waals surface area contributed by atoms with Crippen molar-refractivity contribution in [1.29, 1.82) is 0 Å². The number of nitrogens with one attached hydrogen (secondary N) is 1. The number of amides is 1. The predicted molar refractivity (Wildman–Crippen MR) is 28.4 cm³/mol. The Morgan fingerprint density at radius 3 is 2.67 bits per heavy atom. The molecule has 5 heteroatoms. The molecule has 0 radical (unpaired) electrons. The van der Waals surface area contributed by atoms with Crippen molar-refractivity contribution >= 4 is 5.91 Å². The second-order valence-electron chi connectivity index (χ2n) is 1.95. The summed E-state index contributed by atoms with van der Waals surface area (Å²) >= 11 is 0. The van der Waals surface area contributed by atoms with Crippen molar-refractivity contribution in [3.63, 3.8) is 0 Å². The van der Waals surface area contributed by atoms with Crippen LogP contribution in [0.1, 0.15) is 6.42 Å². The van der Waals surface area contributed by atoms with Crippen molar-refractivity contribution in [2.45, 2.75) is 12.5 Å². The molecule has 0 aromatic carbocycles. The van der Waals surface area contributed by atoms with Gasteiger partial charge in [-0.05, 0) is 0 Å². The highest BCUT2D eigenvalue weighted by atomic mass is 16.6. The smallest absolute Gasteiger partial charge is 0.238 e. The van der Waals surface area contributed by atoms with Crippen LogP contribution in [0.25, 0.3) is 0 Å². The highest BCUT2D eigenvalue weighted by Crippen LogP contribution is 2.01. The van der Waals surface area contributed by atoms with Crippen LogP contribution in [-0.2, 0) is 4.79 Å². The molecular formula is C4H6N2O3. The summed E-state index contributed by atoms with van der Waals surface area (Å²) in [5.41, 5.74) is 0. The SMILES string of the molecule is O=C1CC([N+](=O)[O-])CN1. The van der Waals surface area contributed by atoms with E-state index in [0.29, 0.717) is 0 Å². The van der Waals surface area contributed by atoms with Crippen molar-refractivity contribution in [3.8, 4) is 0 Å². The Hall–Kier alpha value is -1.13. The first-order valence-electron chi connectivity index (χ1n) is 2.60. The summed E-state index contributed by atoms with van der Waals surface area (Å²) in [5, 5.41) is 12.3. The fourth-order valence-corrected chi connectivity index (χ4v) is 0.739. The molecule has 0 aromatic heterocycles. The van der Waals surface area contributed by atoms with E-state index in [9.17, 15) is 14.9 Å². The average molecular weight is 130 g/mol. The zero-order valence-corrected chi connectivity index (χ0v) is 4.66. The van der Waals surface area contributed by atoms with Crippen LogP contribution in [0.2, 0.25) is 0 Å². The maximum Gasteiger partial charge on any atom is 0.238 e. The molecule has 1 fully saturated rings. The Morgan fingerprint density at radius 2 is 2.44 bits per heavy atom. The maximum absolute atomic E-state index is 10.3. The summed E-state index contributed by atoms with van der Waals surface area (Å²) in [6.45, 7) is 0.186. The van der Waals surface area contributed by atoms with E-state index in [-0.39, 0.29) is 18.9 Å². The summed E-state index contributed by atoms with van der Waals surface area (Å²) < 4.78 is 0. The van der Waals surface area contributed by atoms with Gasteiger partial charge in [0.25, 0.3) is 0 Å². The molecular weight excluding hydrogens is 124 g/mol. The monoisotopic (exact) mass is 130 g/mol. The van der Waals surface area contributed by atoms with Gasteiger partial charge in [0.2, 0.25) is 11.9 Å². The lowest BCUT2D eigenvalue weighted by Gasteiger charge is -1.93. The molecule has 50 valence electrons. The summed E-state index contributed by atoms with van der Waals surface area (Å²) in [7, 11) is 0. The van der Waals surface area contributed by atoms with Crippen molar-refractivity contribution in [1.82, 2.24) is 5.32 Å². The minimum Gasteiger partial charge on any atom is -0.349 e. The first-order valence-corrected chi connectivity index (χ1v) is 2.60. The lowest BCUT2D eigenvalue weighted by atomic mass is 10.3. The molecule has 1 atom stereocenters. The van der Waals surface area contributed by atoms with E-state index < -0.39 is 11.0 Å². The molecule has 9 heavy (non-hydrogen) atoms. The van der Waals surface area contributed by atoms with Crippen molar-refractivity contribution < 1.29 is 9.72 Å². The summed E-state index contributed by atoms with van der Waals surface area (Å²) in [4.78, 5) is 19.9. The first kappa shape index (κ1) is 6.00. The fourth-order valence-electron chi connectivity index (χ4n) is 0.739. The van der Waals surface area contributed by atoms with Crippen molar-refractivity contribution in [2.75, 3.05) is 6.54 Å². The maximum atomic E-state index is 10.3. The number of nitrogens with zero attached hydrogens (tertiary/aromatic N) is 1. The van der Waals surface area contributed by atoms with Crippen LogP contribution in [0.3, 0.4) is 0 Å². The van der Waals surface area contributed by atoms with Crippen LogP contribution in [-0.4, -0.2) is 23.4 Å². The molecule has 0 saturated carbocycles. The predicted octanol–water partition coefficient (Wildman–Crippen LogP) is -0.848. The molecule has 0 aromatic rings. The van der Waals surface area contributed by atoms with Gasteiger partial charge in [-0.25, -0.2) is 0 Å². The van der Waals surface area contributed by atoms with Gasteiger partial charge in [-0.2, -0.15) is 0 Å². The minimum absolute atomic E-state index is 0.0347.